The van der Waals surface area contributed by atoms with Gasteiger partial charge in [0.1, 0.15) is 0 Å². The molecule has 0 aromatic carbocycles. The molecule has 2 nitrogen and oxygen atoms in total. The Labute approximate surface area is 71.5 Å². The Morgan fingerprint density at radius 1 is 1.67 bits per heavy atom. The molecular formula is C6H15IN2. The molecule has 0 fully saturated rings. The third-order valence-electron chi connectivity index (χ3n) is 1.36. The average Bonchev–Trinajstić information content (AvgIpc) is 1.83. The van der Waals surface area contributed by atoms with Gasteiger partial charge in [-0.3, -0.25) is 3.11 Å². The summed E-state index contributed by atoms with van der Waals surface area (Å²) in [5.74, 6) is 0. The highest BCUT2D eigenvalue weighted by Crippen LogP contribution is 1.97. The van der Waals surface area contributed by atoms with E-state index in [1.807, 2.05) is 7.05 Å². The second kappa shape index (κ2) is 5.44. The fraction of sp³-hybridized carbons (Fsp3) is 1.00. The van der Waals surface area contributed by atoms with E-state index >= 15 is 0 Å². The Hall–Kier alpha value is 0.650. The van der Waals surface area contributed by atoms with Crippen molar-refractivity contribution in [2.75, 3.05) is 20.6 Å². The maximum Gasteiger partial charge on any atom is 0.0198 e. The van der Waals surface area contributed by atoms with Gasteiger partial charge < -0.3 is 5.32 Å². The van der Waals surface area contributed by atoms with E-state index in [0.717, 1.165) is 6.54 Å². The van der Waals surface area contributed by atoms with Gasteiger partial charge in [-0.25, -0.2) is 0 Å². The number of nitrogens with one attached hydrogen (secondary N) is 1. The lowest BCUT2D eigenvalue weighted by atomic mass is 10.2. The zero-order chi connectivity index (χ0) is 7.28. The first-order valence-corrected chi connectivity index (χ1v) is 4.17. The van der Waals surface area contributed by atoms with Gasteiger partial charge in [0.2, 0.25) is 0 Å². The number of hydrogen-bond donors (Lipinski definition) is 1. The monoisotopic (exact) mass is 242 g/mol. The maximum atomic E-state index is 3.19. The van der Waals surface area contributed by atoms with Crippen molar-refractivity contribution < 1.29 is 0 Å². The van der Waals surface area contributed by atoms with Crippen LogP contribution in [0.3, 0.4) is 0 Å². The van der Waals surface area contributed by atoms with E-state index in [0.29, 0.717) is 6.04 Å². The van der Waals surface area contributed by atoms with Crippen LogP contribution < -0.4 is 5.32 Å². The van der Waals surface area contributed by atoms with Crippen LogP contribution in [0.4, 0.5) is 0 Å². The summed E-state index contributed by atoms with van der Waals surface area (Å²) in [6.45, 7) is 3.35. The van der Waals surface area contributed by atoms with Crippen LogP contribution in [0.25, 0.3) is 0 Å². The second-order valence-corrected chi connectivity index (χ2v) is 3.95. The van der Waals surface area contributed by atoms with Crippen molar-refractivity contribution in [3.8, 4) is 0 Å². The quantitative estimate of drug-likeness (QED) is 0.590. The summed E-state index contributed by atoms with van der Waals surface area (Å²) >= 11 is 2.30. The van der Waals surface area contributed by atoms with Gasteiger partial charge in [-0.15, -0.1) is 0 Å². The standard InChI is InChI=1S/C6H15IN2/c1-6(8-2)4-5-9(3)7/h6,8H,4-5H2,1-3H3. The molecule has 9 heavy (non-hydrogen) atoms. The number of rotatable bonds is 4. The Balaban J connectivity index is 3.06. The minimum atomic E-state index is 0.641. The molecule has 0 amide bonds. The molecular weight excluding hydrogens is 227 g/mol. The summed E-state index contributed by atoms with van der Waals surface area (Å²) in [5, 5.41) is 3.19. The van der Waals surface area contributed by atoms with E-state index in [4.69, 9.17) is 0 Å². The van der Waals surface area contributed by atoms with Crippen LogP contribution >= 0.6 is 22.9 Å². The van der Waals surface area contributed by atoms with Crippen molar-refractivity contribution in [3.05, 3.63) is 0 Å². The fourth-order valence-electron chi connectivity index (χ4n) is 0.516. The van der Waals surface area contributed by atoms with Crippen molar-refractivity contribution in [1.29, 1.82) is 0 Å². The average molecular weight is 242 g/mol. The minimum absolute atomic E-state index is 0.641. The first-order valence-electron chi connectivity index (χ1n) is 3.21. The highest BCUT2D eigenvalue weighted by atomic mass is 127. The summed E-state index contributed by atoms with van der Waals surface area (Å²) in [6, 6.07) is 0.641. The van der Waals surface area contributed by atoms with Crippen molar-refractivity contribution >= 4 is 22.9 Å². The van der Waals surface area contributed by atoms with Crippen LogP contribution in [0, 0.1) is 0 Å². The van der Waals surface area contributed by atoms with Gasteiger partial charge in [-0.1, -0.05) is 0 Å². The van der Waals surface area contributed by atoms with E-state index in [-0.39, 0.29) is 0 Å². The first kappa shape index (κ1) is 9.65. The Morgan fingerprint density at radius 3 is 2.56 bits per heavy atom. The van der Waals surface area contributed by atoms with Crippen LogP contribution in [0.2, 0.25) is 0 Å². The molecule has 56 valence electrons. The third-order valence-corrected chi connectivity index (χ3v) is 1.85. The largest absolute Gasteiger partial charge is 0.317 e. The molecule has 0 aliphatic rings. The maximum absolute atomic E-state index is 3.19. The molecule has 0 aliphatic heterocycles. The topological polar surface area (TPSA) is 15.3 Å². The normalized spacial score (nSPS) is 14.3. The van der Waals surface area contributed by atoms with Gasteiger partial charge in [-0.2, -0.15) is 0 Å². The summed E-state index contributed by atoms with van der Waals surface area (Å²) < 4.78 is 2.17. The third kappa shape index (κ3) is 6.54. The van der Waals surface area contributed by atoms with E-state index in [9.17, 15) is 0 Å². The zero-order valence-electron chi connectivity index (χ0n) is 6.32. The minimum Gasteiger partial charge on any atom is -0.317 e. The molecule has 0 heterocycles. The summed E-state index contributed by atoms with van der Waals surface area (Å²) in [4.78, 5) is 0. The molecule has 0 aromatic rings. The van der Waals surface area contributed by atoms with Crippen molar-refractivity contribution in [1.82, 2.24) is 8.43 Å². The smallest absolute Gasteiger partial charge is 0.0198 e. The van der Waals surface area contributed by atoms with Gasteiger partial charge in [0.25, 0.3) is 0 Å². The lowest BCUT2D eigenvalue weighted by Crippen LogP contribution is -2.24. The SMILES string of the molecule is CNC(C)CCN(C)I. The van der Waals surface area contributed by atoms with E-state index in [1.165, 1.54) is 6.42 Å². The Bertz CT molecular complexity index is 66.1. The number of halogens is 1. The molecule has 0 saturated carbocycles. The fourth-order valence-corrected chi connectivity index (χ4v) is 0.794. The number of hydrogen-bond acceptors (Lipinski definition) is 2. The van der Waals surface area contributed by atoms with Gasteiger partial charge in [0, 0.05) is 35.5 Å². The molecule has 0 saturated heterocycles. The van der Waals surface area contributed by atoms with Crippen LogP contribution in [-0.2, 0) is 0 Å². The van der Waals surface area contributed by atoms with Gasteiger partial charge in [0.05, 0.1) is 0 Å². The molecule has 1 unspecified atom stereocenters. The van der Waals surface area contributed by atoms with Crippen molar-refractivity contribution in [2.24, 2.45) is 0 Å². The van der Waals surface area contributed by atoms with Crippen molar-refractivity contribution in [3.63, 3.8) is 0 Å². The summed E-state index contributed by atoms with van der Waals surface area (Å²) in [7, 11) is 4.08. The summed E-state index contributed by atoms with van der Waals surface area (Å²) in [6.07, 6.45) is 1.22. The molecule has 0 aromatic heterocycles. The summed E-state index contributed by atoms with van der Waals surface area (Å²) in [5.41, 5.74) is 0. The van der Waals surface area contributed by atoms with E-state index < -0.39 is 0 Å². The molecule has 0 rings (SSSR count). The van der Waals surface area contributed by atoms with Gasteiger partial charge >= 0.3 is 0 Å². The molecule has 0 radical (unpaired) electrons. The van der Waals surface area contributed by atoms with Crippen LogP contribution in [-0.4, -0.2) is 29.8 Å². The molecule has 1 atom stereocenters. The predicted octanol–water partition coefficient (Wildman–Crippen LogP) is 1.27. The van der Waals surface area contributed by atoms with Gasteiger partial charge in [-0.05, 0) is 27.4 Å². The Kier molecular flexibility index (Phi) is 5.83. The molecule has 0 bridgehead atoms. The second-order valence-electron chi connectivity index (χ2n) is 2.31. The van der Waals surface area contributed by atoms with Gasteiger partial charge in [0.15, 0.2) is 0 Å². The predicted molar refractivity (Wildman–Crippen MR) is 49.8 cm³/mol. The van der Waals surface area contributed by atoms with Crippen LogP contribution in [0.15, 0.2) is 0 Å². The van der Waals surface area contributed by atoms with E-state index in [2.05, 4.69) is 45.3 Å². The van der Waals surface area contributed by atoms with Crippen molar-refractivity contribution in [2.45, 2.75) is 19.4 Å². The molecule has 0 aliphatic carbocycles. The molecule has 3 heteroatoms. The van der Waals surface area contributed by atoms with Crippen LogP contribution in [0.1, 0.15) is 13.3 Å². The highest BCUT2D eigenvalue weighted by Gasteiger charge is 1.97. The lowest BCUT2D eigenvalue weighted by Gasteiger charge is -2.12. The number of nitrogens with zero attached hydrogens (tertiary/aromatic N) is 1. The molecule has 0 spiro atoms. The Morgan fingerprint density at radius 2 is 2.22 bits per heavy atom. The highest BCUT2D eigenvalue weighted by molar-refractivity contribution is 14.1. The zero-order valence-corrected chi connectivity index (χ0v) is 8.47. The first-order chi connectivity index (χ1) is 4.16. The lowest BCUT2D eigenvalue weighted by molar-refractivity contribution is 0.492. The molecule has 1 N–H and O–H groups in total. The van der Waals surface area contributed by atoms with Crippen LogP contribution in [0.5, 0.6) is 0 Å². The van der Waals surface area contributed by atoms with E-state index in [1.54, 1.807) is 0 Å².